The fourth-order valence-corrected chi connectivity index (χ4v) is 7.20. The number of hydrogen-bond donors (Lipinski definition) is 1. The molecule has 2 aliphatic heterocycles. The molecule has 0 bridgehead atoms. The second-order valence-corrected chi connectivity index (χ2v) is 13.9. The molecule has 10 heteroatoms. The zero-order chi connectivity index (χ0) is 33.2. The first-order valence-corrected chi connectivity index (χ1v) is 16.6. The second kappa shape index (κ2) is 11.4. The molecular formula is C38H39N7O3. The van der Waals surface area contributed by atoms with Gasteiger partial charge in [-0.1, -0.05) is 48.5 Å². The Morgan fingerprint density at radius 1 is 0.792 bits per heavy atom. The molecule has 2 N–H and O–H groups in total. The van der Waals surface area contributed by atoms with Crippen molar-refractivity contribution >= 4 is 56.3 Å². The monoisotopic (exact) mass is 641 g/mol. The van der Waals surface area contributed by atoms with Crippen LogP contribution in [0.5, 0.6) is 0 Å². The SMILES string of the molecule is CC(C)(C)OC(=O)N1CCN(C(=O)N2CCC(c3ccc4c(c3)c3cccc(N)c3c3nc5ccc(-c6ccccc6)nc5n43)C2)CC1. The molecule has 1 unspecified atom stereocenters. The van der Waals surface area contributed by atoms with Gasteiger partial charge in [0.25, 0.3) is 0 Å². The minimum Gasteiger partial charge on any atom is -0.444 e. The summed E-state index contributed by atoms with van der Waals surface area (Å²) in [4.78, 5) is 41.7. The Balaban J connectivity index is 1.10. The van der Waals surface area contributed by atoms with Gasteiger partial charge >= 0.3 is 12.1 Å². The minimum atomic E-state index is -0.544. The van der Waals surface area contributed by atoms with Crippen LogP contribution in [0.1, 0.15) is 38.7 Å². The summed E-state index contributed by atoms with van der Waals surface area (Å²) >= 11 is 0. The number of nitrogens with two attached hydrogens (primary N) is 1. The van der Waals surface area contributed by atoms with Gasteiger partial charge in [0, 0.05) is 67.2 Å². The summed E-state index contributed by atoms with van der Waals surface area (Å²) < 4.78 is 7.66. The van der Waals surface area contributed by atoms with Crippen LogP contribution in [-0.4, -0.2) is 86.1 Å². The molecule has 2 fully saturated rings. The first-order chi connectivity index (χ1) is 23.1. The molecule has 8 rings (SSSR count). The van der Waals surface area contributed by atoms with E-state index < -0.39 is 5.60 Å². The average molecular weight is 642 g/mol. The van der Waals surface area contributed by atoms with Crippen LogP contribution >= 0.6 is 0 Å². The van der Waals surface area contributed by atoms with Crippen LogP contribution in [0.4, 0.5) is 15.3 Å². The van der Waals surface area contributed by atoms with Gasteiger partial charge in [-0.2, -0.15) is 0 Å². The number of pyridine rings is 2. The van der Waals surface area contributed by atoms with Crippen LogP contribution < -0.4 is 5.73 Å². The Kier molecular flexibility index (Phi) is 7.12. The van der Waals surface area contributed by atoms with Crippen molar-refractivity contribution in [2.75, 3.05) is 45.0 Å². The van der Waals surface area contributed by atoms with E-state index in [2.05, 4.69) is 40.8 Å². The lowest BCUT2D eigenvalue weighted by atomic mass is 9.95. The maximum atomic E-state index is 13.6. The number of carbonyl (C=O) groups excluding carboxylic acids is 2. The Morgan fingerprint density at radius 2 is 1.56 bits per heavy atom. The predicted octanol–water partition coefficient (Wildman–Crippen LogP) is 6.90. The molecule has 2 aliphatic rings. The molecule has 2 saturated heterocycles. The van der Waals surface area contributed by atoms with Crippen molar-refractivity contribution in [1.82, 2.24) is 29.1 Å². The first-order valence-electron chi connectivity index (χ1n) is 16.6. The Labute approximate surface area is 278 Å². The number of anilines is 1. The lowest BCUT2D eigenvalue weighted by Gasteiger charge is -2.37. The van der Waals surface area contributed by atoms with E-state index in [-0.39, 0.29) is 18.0 Å². The van der Waals surface area contributed by atoms with E-state index in [1.807, 2.05) is 73.0 Å². The van der Waals surface area contributed by atoms with Gasteiger partial charge in [-0.3, -0.25) is 4.40 Å². The molecular weight excluding hydrogens is 602 g/mol. The van der Waals surface area contributed by atoms with E-state index in [9.17, 15) is 9.59 Å². The van der Waals surface area contributed by atoms with E-state index in [1.165, 1.54) is 5.56 Å². The van der Waals surface area contributed by atoms with E-state index in [1.54, 1.807) is 4.90 Å². The third kappa shape index (κ3) is 5.21. The van der Waals surface area contributed by atoms with Crippen LogP contribution in [-0.2, 0) is 4.74 Å². The van der Waals surface area contributed by atoms with Gasteiger partial charge in [-0.05, 0) is 68.5 Å². The van der Waals surface area contributed by atoms with Crippen molar-refractivity contribution in [1.29, 1.82) is 0 Å². The topological polar surface area (TPSA) is 109 Å². The van der Waals surface area contributed by atoms with Crippen molar-refractivity contribution in [3.63, 3.8) is 0 Å². The highest BCUT2D eigenvalue weighted by atomic mass is 16.6. The largest absolute Gasteiger partial charge is 0.444 e. The first kappa shape index (κ1) is 30.0. The number of likely N-dealkylation sites (tertiary alicyclic amines) is 1. The summed E-state index contributed by atoms with van der Waals surface area (Å²) in [5, 5.41) is 3.04. The number of nitrogen functional groups attached to an aromatic ring is 1. The number of imidazole rings is 1. The highest BCUT2D eigenvalue weighted by molar-refractivity contribution is 6.17. The third-order valence-electron chi connectivity index (χ3n) is 9.58. The maximum Gasteiger partial charge on any atom is 0.410 e. The minimum absolute atomic E-state index is 0.0345. The highest BCUT2D eigenvalue weighted by Crippen LogP contribution is 2.38. The number of aromatic nitrogens is 3. The normalized spacial score (nSPS) is 17.2. The molecule has 0 radical (unpaired) electrons. The summed E-state index contributed by atoms with van der Waals surface area (Å²) in [6, 6.07) is 26.9. The van der Waals surface area contributed by atoms with Crippen LogP contribution in [0.3, 0.4) is 0 Å². The molecule has 1 atom stereocenters. The number of benzene rings is 3. The molecule has 6 aromatic rings. The van der Waals surface area contributed by atoms with Crippen molar-refractivity contribution in [2.24, 2.45) is 0 Å². The predicted molar refractivity (Wildman–Crippen MR) is 189 cm³/mol. The molecule has 48 heavy (non-hydrogen) atoms. The average Bonchev–Trinajstić information content (AvgIpc) is 3.73. The molecule has 5 heterocycles. The zero-order valence-corrected chi connectivity index (χ0v) is 27.5. The fourth-order valence-electron chi connectivity index (χ4n) is 7.20. The third-order valence-corrected chi connectivity index (χ3v) is 9.58. The van der Waals surface area contributed by atoms with Crippen LogP contribution in [0.25, 0.3) is 49.7 Å². The molecule has 0 spiro atoms. The van der Waals surface area contributed by atoms with Gasteiger partial charge < -0.3 is 25.2 Å². The van der Waals surface area contributed by atoms with E-state index >= 15 is 0 Å². The Hall–Kier alpha value is -5.38. The van der Waals surface area contributed by atoms with Crippen molar-refractivity contribution < 1.29 is 14.3 Å². The molecule has 0 saturated carbocycles. The van der Waals surface area contributed by atoms with E-state index in [4.69, 9.17) is 20.4 Å². The van der Waals surface area contributed by atoms with Crippen LogP contribution in [0.2, 0.25) is 0 Å². The van der Waals surface area contributed by atoms with Gasteiger partial charge in [0.15, 0.2) is 5.65 Å². The van der Waals surface area contributed by atoms with E-state index in [0.717, 1.165) is 56.2 Å². The second-order valence-electron chi connectivity index (χ2n) is 13.9. The molecule has 3 amide bonds. The van der Waals surface area contributed by atoms with Gasteiger partial charge in [0.2, 0.25) is 0 Å². The van der Waals surface area contributed by atoms with Gasteiger partial charge in [-0.15, -0.1) is 0 Å². The summed E-state index contributed by atoms with van der Waals surface area (Å²) in [7, 11) is 0. The number of amides is 3. The Morgan fingerprint density at radius 3 is 2.33 bits per heavy atom. The molecule has 10 nitrogen and oxygen atoms in total. The van der Waals surface area contributed by atoms with Crippen molar-refractivity contribution in [3.05, 3.63) is 84.4 Å². The number of rotatable bonds is 2. The molecule has 244 valence electrons. The quantitative estimate of drug-likeness (QED) is 0.163. The lowest BCUT2D eigenvalue weighted by Crippen LogP contribution is -2.54. The van der Waals surface area contributed by atoms with Gasteiger partial charge in [0.1, 0.15) is 16.8 Å². The molecule has 3 aromatic heterocycles. The number of fused-ring (bicyclic) bond motifs is 8. The van der Waals surface area contributed by atoms with Gasteiger partial charge in [0.05, 0.1) is 11.2 Å². The molecule has 3 aromatic carbocycles. The Bertz CT molecular complexity index is 2220. The summed E-state index contributed by atoms with van der Waals surface area (Å²) in [6.45, 7) is 8.86. The fraction of sp³-hybridized carbons (Fsp3) is 0.316. The number of ether oxygens (including phenoxy) is 1. The van der Waals surface area contributed by atoms with Crippen LogP contribution in [0, 0.1) is 0 Å². The number of hydrogen-bond acceptors (Lipinski definition) is 6. The summed E-state index contributed by atoms with van der Waals surface area (Å²) in [6.07, 6.45) is 0.558. The van der Waals surface area contributed by atoms with Crippen molar-refractivity contribution in [2.45, 2.75) is 38.7 Å². The summed E-state index contributed by atoms with van der Waals surface area (Å²) in [5.41, 5.74) is 13.3. The maximum absolute atomic E-state index is 13.6. The standard InChI is InChI=1S/C38H39N7O3/c1-38(2,3)48-37(47)43-20-18-42(19-21-43)36(46)44-17-16-26(23-44)25-12-15-32-28(22-25)27-10-7-11-29(39)33(27)35-41-31-14-13-30(40-34(31)45(32)35)24-8-5-4-6-9-24/h4-15,22,26H,16-21,23,39H2,1-3H3. The number of nitrogens with zero attached hydrogens (tertiary/aromatic N) is 6. The lowest BCUT2D eigenvalue weighted by molar-refractivity contribution is 0.0159. The van der Waals surface area contributed by atoms with Crippen molar-refractivity contribution in [3.8, 4) is 11.3 Å². The number of carbonyl (C=O) groups is 2. The smallest absolute Gasteiger partial charge is 0.410 e. The molecule has 0 aliphatic carbocycles. The zero-order valence-electron chi connectivity index (χ0n) is 27.5. The number of urea groups is 1. The highest BCUT2D eigenvalue weighted by Gasteiger charge is 2.33. The number of piperazine rings is 1. The van der Waals surface area contributed by atoms with Crippen LogP contribution in [0.15, 0.2) is 78.9 Å². The van der Waals surface area contributed by atoms with E-state index in [0.29, 0.717) is 45.0 Å². The van der Waals surface area contributed by atoms with Gasteiger partial charge in [-0.25, -0.2) is 19.6 Å². The summed E-state index contributed by atoms with van der Waals surface area (Å²) in [5.74, 6) is 0.204.